The first-order valence-corrected chi connectivity index (χ1v) is 22.5. The fourth-order valence-corrected chi connectivity index (χ4v) is 7.11. The minimum absolute atomic E-state index is 0.0189. The highest BCUT2D eigenvalue weighted by molar-refractivity contribution is 5.76. The highest BCUT2D eigenvalue weighted by Gasteiger charge is 2.20. The minimum atomic E-state index is -0.924. The summed E-state index contributed by atoms with van der Waals surface area (Å²) < 4.78 is 0. The molecule has 0 bridgehead atoms. The topological polar surface area (TPSA) is 89.8 Å². The summed E-state index contributed by atoms with van der Waals surface area (Å²) in [7, 11) is 0. The Morgan fingerprint density at radius 1 is 0.500 bits per heavy atom. The van der Waals surface area contributed by atoms with Gasteiger partial charge in [0.15, 0.2) is 0 Å². The Hall–Kier alpha value is -0.910. The molecule has 0 radical (unpaired) electrons. The van der Waals surface area contributed by atoms with E-state index < -0.39 is 18.2 Å². The molecule has 0 aliphatic rings. The molecule has 3 unspecified atom stereocenters. The van der Waals surface area contributed by atoms with Crippen LogP contribution < -0.4 is 5.32 Å². The second-order valence-electron chi connectivity index (χ2n) is 15.7. The molecule has 1 amide bonds. The molecule has 0 heterocycles. The third kappa shape index (κ3) is 36.9. The summed E-state index contributed by atoms with van der Waals surface area (Å²) in [4.78, 5) is 12.4. The van der Waals surface area contributed by atoms with Crippen LogP contribution in [0, 0.1) is 0 Å². The summed E-state index contributed by atoms with van der Waals surface area (Å²) in [5.74, 6) is -0.311. The van der Waals surface area contributed by atoms with Gasteiger partial charge >= 0.3 is 0 Å². The number of hydrogen-bond acceptors (Lipinski definition) is 4. The van der Waals surface area contributed by atoms with Crippen molar-refractivity contribution < 1.29 is 20.1 Å². The smallest absolute Gasteiger partial charge is 0.222 e. The lowest BCUT2D eigenvalue weighted by molar-refractivity contribution is -0.124. The molecule has 0 aromatic rings. The lowest BCUT2D eigenvalue weighted by atomic mass is 10.0. The Kier molecular flexibility index (Phi) is 40.1. The van der Waals surface area contributed by atoms with Crippen molar-refractivity contribution in [2.75, 3.05) is 6.61 Å². The number of hydrogen-bond donors (Lipinski definition) is 4. The van der Waals surface area contributed by atoms with E-state index in [0.29, 0.717) is 6.42 Å². The molecule has 0 spiro atoms. The summed E-state index contributed by atoms with van der Waals surface area (Å²) >= 11 is 0. The van der Waals surface area contributed by atoms with Crippen molar-refractivity contribution in [1.29, 1.82) is 0 Å². The molecule has 0 aliphatic heterocycles. The summed E-state index contributed by atoms with van der Waals surface area (Å²) in [5, 5.41) is 33.2. The van der Waals surface area contributed by atoms with Gasteiger partial charge < -0.3 is 20.6 Å². The molecular weight excluding hydrogens is 618 g/mol. The van der Waals surface area contributed by atoms with Gasteiger partial charge in [0.05, 0.1) is 31.3 Å². The molecule has 0 saturated heterocycles. The highest BCUT2D eigenvalue weighted by atomic mass is 16.3. The molecular formula is C45H89NO4. The second-order valence-corrected chi connectivity index (χ2v) is 15.7. The number of allylic oxidation sites excluding steroid dienone is 1. The normalized spacial score (nSPS) is 13.6. The monoisotopic (exact) mass is 708 g/mol. The SMILES string of the molecule is CCCCCCCCCCCCCCCCC/C=C/C(O)C(CO)NC(=O)CC(O)CCCCCCCCCCCCCCCCCCCC. The summed E-state index contributed by atoms with van der Waals surface area (Å²) in [5.41, 5.74) is 0. The minimum Gasteiger partial charge on any atom is -0.394 e. The predicted octanol–water partition coefficient (Wildman–Crippen LogP) is 12.8. The standard InChI is InChI=1S/C45H89NO4/c1-3-5-7-9-11-13-15-17-19-21-23-24-26-28-30-32-34-36-38-42(48)40-45(50)46-43(41-47)44(49)39-37-35-33-31-29-27-25-22-20-18-16-14-12-10-8-6-4-2/h37,39,42-44,47-49H,3-36,38,40-41H2,1-2H3,(H,46,50)/b39-37+. The molecule has 3 atom stereocenters. The van der Waals surface area contributed by atoms with E-state index in [4.69, 9.17) is 0 Å². The summed E-state index contributed by atoms with van der Waals surface area (Å²) in [6.45, 7) is 4.23. The Morgan fingerprint density at radius 3 is 1.16 bits per heavy atom. The first-order chi connectivity index (χ1) is 24.5. The van der Waals surface area contributed by atoms with Crippen molar-refractivity contribution in [2.24, 2.45) is 0 Å². The lowest BCUT2D eigenvalue weighted by Gasteiger charge is -2.21. The Labute approximate surface area is 312 Å². The van der Waals surface area contributed by atoms with Crippen LogP contribution in [-0.2, 0) is 4.79 Å². The van der Waals surface area contributed by atoms with Crippen LogP contribution in [-0.4, -0.2) is 46.1 Å². The van der Waals surface area contributed by atoms with Crippen molar-refractivity contribution in [3.63, 3.8) is 0 Å². The van der Waals surface area contributed by atoms with Crippen LogP contribution in [0.1, 0.15) is 245 Å². The highest BCUT2D eigenvalue weighted by Crippen LogP contribution is 2.16. The molecule has 50 heavy (non-hydrogen) atoms. The Bertz CT molecular complexity index is 699. The van der Waals surface area contributed by atoms with Crippen LogP contribution in [0.2, 0.25) is 0 Å². The zero-order valence-corrected chi connectivity index (χ0v) is 33.8. The number of carbonyl (C=O) groups excluding carboxylic acids is 1. The average molecular weight is 708 g/mol. The van der Waals surface area contributed by atoms with Gasteiger partial charge in [0.2, 0.25) is 5.91 Å². The van der Waals surface area contributed by atoms with Crippen LogP contribution in [0.3, 0.4) is 0 Å². The van der Waals surface area contributed by atoms with Crippen LogP contribution in [0.25, 0.3) is 0 Å². The molecule has 5 heteroatoms. The maximum Gasteiger partial charge on any atom is 0.222 e. The van der Waals surface area contributed by atoms with Gasteiger partial charge in [0.25, 0.3) is 0 Å². The number of rotatable bonds is 41. The number of carbonyl (C=O) groups is 1. The van der Waals surface area contributed by atoms with E-state index in [1.165, 1.54) is 193 Å². The third-order valence-corrected chi connectivity index (χ3v) is 10.6. The molecule has 0 aromatic heterocycles. The maximum absolute atomic E-state index is 12.4. The molecule has 298 valence electrons. The van der Waals surface area contributed by atoms with E-state index in [1.54, 1.807) is 6.08 Å². The molecule has 0 aromatic carbocycles. The van der Waals surface area contributed by atoms with Gasteiger partial charge in [0, 0.05) is 0 Å². The molecule has 4 N–H and O–H groups in total. The molecule has 0 fully saturated rings. The van der Waals surface area contributed by atoms with Crippen molar-refractivity contribution in [1.82, 2.24) is 5.32 Å². The second kappa shape index (κ2) is 40.9. The lowest BCUT2D eigenvalue weighted by Crippen LogP contribution is -2.45. The number of amides is 1. The van der Waals surface area contributed by atoms with Gasteiger partial charge in [-0.1, -0.05) is 231 Å². The van der Waals surface area contributed by atoms with E-state index >= 15 is 0 Å². The maximum atomic E-state index is 12.4. The van der Waals surface area contributed by atoms with Gasteiger partial charge in [-0.05, 0) is 19.3 Å². The van der Waals surface area contributed by atoms with Gasteiger partial charge in [-0.3, -0.25) is 4.79 Å². The number of nitrogens with one attached hydrogen (secondary N) is 1. The molecule has 5 nitrogen and oxygen atoms in total. The predicted molar refractivity (Wildman–Crippen MR) is 218 cm³/mol. The van der Waals surface area contributed by atoms with Crippen molar-refractivity contribution >= 4 is 5.91 Å². The van der Waals surface area contributed by atoms with Gasteiger partial charge in [0.1, 0.15) is 0 Å². The zero-order valence-electron chi connectivity index (χ0n) is 33.8. The average Bonchev–Trinajstić information content (AvgIpc) is 3.11. The first-order valence-electron chi connectivity index (χ1n) is 22.5. The third-order valence-electron chi connectivity index (χ3n) is 10.6. The van der Waals surface area contributed by atoms with E-state index in [9.17, 15) is 20.1 Å². The Morgan fingerprint density at radius 2 is 0.820 bits per heavy atom. The molecule has 0 saturated carbocycles. The van der Waals surface area contributed by atoms with E-state index in [0.717, 1.165) is 25.7 Å². The van der Waals surface area contributed by atoms with Gasteiger partial charge in [-0.2, -0.15) is 0 Å². The van der Waals surface area contributed by atoms with Crippen LogP contribution in [0.5, 0.6) is 0 Å². The van der Waals surface area contributed by atoms with Gasteiger partial charge in [-0.15, -0.1) is 0 Å². The molecule has 0 aliphatic carbocycles. The van der Waals surface area contributed by atoms with E-state index in [-0.39, 0.29) is 18.9 Å². The van der Waals surface area contributed by atoms with E-state index in [1.807, 2.05) is 6.08 Å². The number of aliphatic hydroxyl groups is 3. The quantitative estimate of drug-likeness (QED) is 0.0376. The fourth-order valence-electron chi connectivity index (χ4n) is 7.11. The number of unbranched alkanes of at least 4 members (excludes halogenated alkanes) is 32. The van der Waals surface area contributed by atoms with Crippen LogP contribution in [0.15, 0.2) is 12.2 Å². The van der Waals surface area contributed by atoms with Crippen LogP contribution in [0.4, 0.5) is 0 Å². The molecule has 0 rings (SSSR count). The summed E-state index contributed by atoms with van der Waals surface area (Å²) in [6.07, 6.45) is 47.8. The zero-order chi connectivity index (χ0) is 36.6. The van der Waals surface area contributed by atoms with Crippen molar-refractivity contribution in [3.05, 3.63) is 12.2 Å². The Balaban J connectivity index is 3.63. The van der Waals surface area contributed by atoms with Crippen molar-refractivity contribution in [2.45, 2.75) is 263 Å². The number of aliphatic hydroxyl groups excluding tert-OH is 3. The first kappa shape index (κ1) is 49.1. The fraction of sp³-hybridized carbons (Fsp3) is 0.933. The van der Waals surface area contributed by atoms with Crippen LogP contribution >= 0.6 is 0 Å². The largest absolute Gasteiger partial charge is 0.394 e. The van der Waals surface area contributed by atoms with Crippen molar-refractivity contribution in [3.8, 4) is 0 Å². The van der Waals surface area contributed by atoms with Gasteiger partial charge in [-0.25, -0.2) is 0 Å². The van der Waals surface area contributed by atoms with E-state index in [2.05, 4.69) is 19.2 Å². The summed E-state index contributed by atoms with van der Waals surface area (Å²) in [6, 6.07) is -0.739.